The Morgan fingerprint density at radius 1 is 1.14 bits per heavy atom. The van der Waals surface area contributed by atoms with Crippen LogP contribution in [0.5, 0.6) is 5.75 Å². The first-order valence-corrected chi connectivity index (χ1v) is 7.46. The summed E-state index contributed by atoms with van der Waals surface area (Å²) in [6, 6.07) is 13.8. The molecule has 1 unspecified atom stereocenters. The fourth-order valence-corrected chi connectivity index (χ4v) is 3.03. The first-order chi connectivity index (χ1) is 10.3. The molecule has 0 spiro atoms. The van der Waals surface area contributed by atoms with Crippen LogP contribution < -0.4 is 10.1 Å². The fourth-order valence-electron chi connectivity index (χ4n) is 3.03. The molecule has 0 bridgehead atoms. The molecule has 1 aliphatic rings. The lowest BCUT2D eigenvalue weighted by Crippen LogP contribution is -2.11. The summed E-state index contributed by atoms with van der Waals surface area (Å²) >= 11 is 0. The van der Waals surface area contributed by atoms with E-state index in [-0.39, 0.29) is 17.6 Å². The molecule has 0 saturated carbocycles. The zero-order chi connectivity index (χ0) is 14.7. The van der Waals surface area contributed by atoms with Crippen LogP contribution in [0.15, 0.2) is 42.5 Å². The van der Waals surface area contributed by atoms with Gasteiger partial charge < -0.3 is 10.1 Å². The van der Waals surface area contributed by atoms with Crippen LogP contribution in [0.25, 0.3) is 0 Å². The predicted molar refractivity (Wildman–Crippen MR) is 83.3 cm³/mol. The topological polar surface area (TPSA) is 21.3 Å². The maximum Gasteiger partial charge on any atom is 0.167 e. The molecule has 3 heteroatoms. The Morgan fingerprint density at radius 3 is 2.81 bits per heavy atom. The van der Waals surface area contributed by atoms with E-state index < -0.39 is 0 Å². The van der Waals surface area contributed by atoms with Gasteiger partial charge in [0.05, 0.1) is 13.2 Å². The number of nitrogens with one attached hydrogen (secondary N) is 1. The molecule has 1 atom stereocenters. The van der Waals surface area contributed by atoms with Gasteiger partial charge >= 0.3 is 0 Å². The van der Waals surface area contributed by atoms with Crippen molar-refractivity contribution in [3.63, 3.8) is 0 Å². The molecule has 21 heavy (non-hydrogen) atoms. The lowest BCUT2D eigenvalue weighted by atomic mass is 9.99. The summed E-state index contributed by atoms with van der Waals surface area (Å²) in [5, 5.41) is 3.47. The summed E-state index contributed by atoms with van der Waals surface area (Å²) in [5.41, 5.74) is 3.54. The molecule has 0 fully saturated rings. The van der Waals surface area contributed by atoms with Crippen LogP contribution in [0.2, 0.25) is 0 Å². The molecule has 0 aliphatic heterocycles. The molecule has 0 heterocycles. The van der Waals surface area contributed by atoms with Crippen LogP contribution in [-0.4, -0.2) is 7.11 Å². The smallest absolute Gasteiger partial charge is 0.167 e. The normalized spacial score (nSPS) is 17.7. The largest absolute Gasteiger partial charge is 0.494 e. The summed E-state index contributed by atoms with van der Waals surface area (Å²) < 4.78 is 18.8. The molecule has 2 aromatic rings. The highest BCUT2D eigenvalue weighted by Crippen LogP contribution is 2.32. The molecule has 3 rings (SSSR count). The number of halogens is 1. The van der Waals surface area contributed by atoms with Gasteiger partial charge in [-0.25, -0.2) is 4.39 Å². The molecule has 0 saturated heterocycles. The van der Waals surface area contributed by atoms with Crippen molar-refractivity contribution in [1.82, 2.24) is 0 Å². The number of anilines is 1. The van der Waals surface area contributed by atoms with E-state index in [4.69, 9.17) is 4.74 Å². The molecule has 0 aromatic heterocycles. The van der Waals surface area contributed by atoms with Crippen molar-refractivity contribution in [3.05, 3.63) is 59.4 Å². The first kappa shape index (κ1) is 13.9. The lowest BCUT2D eigenvalue weighted by molar-refractivity contribution is 0.386. The van der Waals surface area contributed by atoms with Crippen molar-refractivity contribution < 1.29 is 9.13 Å². The van der Waals surface area contributed by atoms with Crippen molar-refractivity contribution in [2.75, 3.05) is 12.4 Å². The second-order valence-corrected chi connectivity index (χ2v) is 5.49. The Labute approximate surface area is 125 Å². The van der Waals surface area contributed by atoms with Gasteiger partial charge in [0, 0.05) is 11.8 Å². The third-order valence-electron chi connectivity index (χ3n) is 4.11. The lowest BCUT2D eigenvalue weighted by Gasteiger charge is -2.21. The minimum absolute atomic E-state index is 0.247. The van der Waals surface area contributed by atoms with Crippen LogP contribution >= 0.6 is 0 Å². The van der Waals surface area contributed by atoms with Gasteiger partial charge in [0.1, 0.15) is 0 Å². The second-order valence-electron chi connectivity index (χ2n) is 5.49. The summed E-state index contributed by atoms with van der Waals surface area (Å²) in [7, 11) is 1.48. The van der Waals surface area contributed by atoms with Crippen LogP contribution in [0.1, 0.15) is 36.4 Å². The predicted octanol–water partition coefficient (Wildman–Crippen LogP) is 4.71. The number of aryl methyl sites for hydroxylation is 1. The van der Waals surface area contributed by atoms with Crippen molar-refractivity contribution >= 4 is 5.69 Å². The third-order valence-corrected chi connectivity index (χ3v) is 4.11. The van der Waals surface area contributed by atoms with Crippen LogP contribution in [0.3, 0.4) is 0 Å². The molecule has 0 radical (unpaired) electrons. The molecular weight excluding hydrogens is 265 g/mol. The van der Waals surface area contributed by atoms with Gasteiger partial charge in [0.2, 0.25) is 0 Å². The number of hydrogen-bond acceptors (Lipinski definition) is 2. The summed E-state index contributed by atoms with van der Waals surface area (Å²) in [6.07, 6.45) is 4.60. The fraction of sp³-hybridized carbons (Fsp3) is 0.333. The summed E-state index contributed by atoms with van der Waals surface area (Å²) in [6.45, 7) is 0. The van der Waals surface area contributed by atoms with Gasteiger partial charge in [-0.2, -0.15) is 0 Å². The van der Waals surface area contributed by atoms with Gasteiger partial charge in [-0.15, -0.1) is 0 Å². The molecule has 2 nitrogen and oxygen atoms in total. The zero-order valence-corrected chi connectivity index (χ0v) is 12.2. The van der Waals surface area contributed by atoms with E-state index in [1.165, 1.54) is 37.1 Å². The minimum atomic E-state index is -0.329. The second kappa shape index (κ2) is 6.17. The minimum Gasteiger partial charge on any atom is -0.494 e. The van der Waals surface area contributed by atoms with Gasteiger partial charge in [-0.05, 0) is 42.5 Å². The number of methoxy groups -OCH3 is 1. The maximum atomic E-state index is 13.8. The summed E-state index contributed by atoms with van der Waals surface area (Å²) in [4.78, 5) is 0. The Morgan fingerprint density at radius 2 is 2.00 bits per heavy atom. The van der Waals surface area contributed by atoms with E-state index in [0.717, 1.165) is 18.5 Å². The number of hydrogen-bond donors (Lipinski definition) is 1. The highest BCUT2D eigenvalue weighted by molar-refractivity contribution is 5.50. The van der Waals surface area contributed by atoms with Gasteiger partial charge in [0.15, 0.2) is 11.6 Å². The monoisotopic (exact) mass is 285 g/mol. The summed E-state index contributed by atoms with van der Waals surface area (Å²) in [5.74, 6) is -0.0498. The van der Waals surface area contributed by atoms with E-state index >= 15 is 0 Å². The van der Waals surface area contributed by atoms with E-state index in [1.807, 2.05) is 6.07 Å². The molecule has 110 valence electrons. The molecule has 1 aliphatic carbocycles. The number of rotatable bonds is 3. The SMILES string of the molecule is COc1ccc(NC2CCCCc3ccccc32)cc1F. The third kappa shape index (κ3) is 3.02. The van der Waals surface area contributed by atoms with Crippen LogP contribution in [0, 0.1) is 5.82 Å². The number of fused-ring (bicyclic) bond motifs is 1. The van der Waals surface area contributed by atoms with Crippen molar-refractivity contribution in [1.29, 1.82) is 0 Å². The molecule has 0 amide bonds. The number of ether oxygens (including phenoxy) is 1. The van der Waals surface area contributed by atoms with Crippen molar-refractivity contribution in [2.24, 2.45) is 0 Å². The highest BCUT2D eigenvalue weighted by Gasteiger charge is 2.18. The quantitative estimate of drug-likeness (QED) is 0.824. The van der Waals surface area contributed by atoms with E-state index in [9.17, 15) is 4.39 Å². The van der Waals surface area contributed by atoms with Crippen molar-refractivity contribution in [3.8, 4) is 5.75 Å². The maximum absolute atomic E-state index is 13.8. The Bertz CT molecular complexity index is 626. The Hall–Kier alpha value is -2.03. The Balaban J connectivity index is 1.86. The average molecular weight is 285 g/mol. The molecular formula is C18H20FNO. The van der Waals surface area contributed by atoms with E-state index in [0.29, 0.717) is 0 Å². The standard InChI is InChI=1S/C18H20FNO/c1-21-18-11-10-14(12-16(18)19)20-17-9-5-3-7-13-6-2-4-8-15(13)17/h2,4,6,8,10-12,17,20H,3,5,7,9H2,1H3. The average Bonchev–Trinajstić information content (AvgIpc) is 2.70. The zero-order valence-electron chi connectivity index (χ0n) is 12.2. The van der Waals surface area contributed by atoms with Crippen LogP contribution in [-0.2, 0) is 6.42 Å². The van der Waals surface area contributed by atoms with Gasteiger partial charge in [-0.3, -0.25) is 0 Å². The molecule has 1 N–H and O–H groups in total. The van der Waals surface area contributed by atoms with Gasteiger partial charge in [-0.1, -0.05) is 30.7 Å². The van der Waals surface area contributed by atoms with Gasteiger partial charge in [0.25, 0.3) is 0 Å². The van der Waals surface area contributed by atoms with Crippen LogP contribution in [0.4, 0.5) is 10.1 Å². The highest BCUT2D eigenvalue weighted by atomic mass is 19.1. The Kier molecular flexibility index (Phi) is 4.09. The number of benzene rings is 2. The first-order valence-electron chi connectivity index (χ1n) is 7.46. The molecule has 2 aromatic carbocycles. The van der Waals surface area contributed by atoms with Crippen molar-refractivity contribution in [2.45, 2.75) is 31.7 Å². The van der Waals surface area contributed by atoms with E-state index in [1.54, 1.807) is 6.07 Å². The van der Waals surface area contributed by atoms with E-state index in [2.05, 4.69) is 29.6 Å².